The number of nitrogens with two attached hydrogens (primary N) is 1. The van der Waals surface area contributed by atoms with Gasteiger partial charge in [0.15, 0.2) is 0 Å². The molecule has 0 radical (unpaired) electrons. The Morgan fingerprint density at radius 3 is 2.95 bits per heavy atom. The molecule has 2 aromatic rings. The van der Waals surface area contributed by atoms with E-state index in [9.17, 15) is 4.79 Å². The van der Waals surface area contributed by atoms with Gasteiger partial charge in [-0.25, -0.2) is 0 Å². The zero-order chi connectivity index (χ0) is 13.7. The first-order valence-electron chi connectivity index (χ1n) is 6.61. The van der Waals surface area contributed by atoms with Gasteiger partial charge in [0.1, 0.15) is 0 Å². The van der Waals surface area contributed by atoms with Crippen molar-refractivity contribution in [2.45, 2.75) is 26.2 Å². The molecule has 1 amide bonds. The molecule has 0 saturated carbocycles. The fourth-order valence-corrected chi connectivity index (χ4v) is 1.94. The second-order valence-corrected chi connectivity index (χ2v) is 4.60. The number of benzene rings is 1. The monoisotopic (exact) mass is 257 g/mol. The van der Waals surface area contributed by atoms with Crippen molar-refractivity contribution in [3.63, 3.8) is 0 Å². The molecule has 0 bridgehead atoms. The van der Waals surface area contributed by atoms with Crippen LogP contribution in [0.2, 0.25) is 0 Å². The number of nitrogens with one attached hydrogen (secondary N) is 1. The van der Waals surface area contributed by atoms with E-state index in [1.54, 1.807) is 0 Å². The largest absolute Gasteiger partial charge is 0.397 e. The lowest BCUT2D eigenvalue weighted by Crippen LogP contribution is -2.26. The van der Waals surface area contributed by atoms with Crippen molar-refractivity contribution in [1.82, 2.24) is 10.3 Å². The van der Waals surface area contributed by atoms with E-state index in [0.717, 1.165) is 36.0 Å². The molecule has 3 N–H and O–H groups in total. The van der Waals surface area contributed by atoms with Gasteiger partial charge in [0, 0.05) is 11.9 Å². The Labute approximate surface area is 113 Å². The number of para-hydroxylation sites is 1. The van der Waals surface area contributed by atoms with E-state index in [2.05, 4.69) is 17.2 Å². The molecule has 1 aromatic heterocycles. The number of aromatic nitrogens is 1. The van der Waals surface area contributed by atoms with Gasteiger partial charge in [-0.2, -0.15) is 0 Å². The molecule has 0 aliphatic carbocycles. The Kier molecular flexibility index (Phi) is 4.34. The first-order chi connectivity index (χ1) is 9.20. The fraction of sp³-hybridized carbons (Fsp3) is 0.333. The second kappa shape index (κ2) is 6.18. The van der Waals surface area contributed by atoms with Gasteiger partial charge < -0.3 is 11.1 Å². The molecule has 0 saturated heterocycles. The molecule has 1 aromatic carbocycles. The van der Waals surface area contributed by atoms with E-state index in [4.69, 9.17) is 5.73 Å². The van der Waals surface area contributed by atoms with Gasteiger partial charge in [-0.05, 0) is 18.6 Å². The van der Waals surface area contributed by atoms with E-state index in [-0.39, 0.29) is 5.91 Å². The Hall–Kier alpha value is -2.10. The summed E-state index contributed by atoms with van der Waals surface area (Å²) in [5, 5.41) is 3.88. The van der Waals surface area contributed by atoms with Gasteiger partial charge in [0.05, 0.1) is 23.3 Å². The maximum absolute atomic E-state index is 11.7. The number of nitrogen functional groups attached to an aromatic ring is 1. The number of hydrogen-bond acceptors (Lipinski definition) is 3. The molecule has 0 aliphatic rings. The zero-order valence-electron chi connectivity index (χ0n) is 11.1. The van der Waals surface area contributed by atoms with Gasteiger partial charge in [0.2, 0.25) is 5.91 Å². The molecule has 0 fully saturated rings. The Morgan fingerprint density at radius 2 is 2.16 bits per heavy atom. The number of rotatable bonds is 5. The molecule has 0 aliphatic heterocycles. The van der Waals surface area contributed by atoms with Gasteiger partial charge >= 0.3 is 0 Å². The highest BCUT2D eigenvalue weighted by atomic mass is 16.1. The summed E-state index contributed by atoms with van der Waals surface area (Å²) in [5.74, 6) is 0.00908. The van der Waals surface area contributed by atoms with Crippen LogP contribution in [-0.4, -0.2) is 17.4 Å². The van der Waals surface area contributed by atoms with Crippen LogP contribution < -0.4 is 11.1 Å². The van der Waals surface area contributed by atoms with Gasteiger partial charge in [-0.3, -0.25) is 9.78 Å². The normalized spacial score (nSPS) is 10.6. The highest BCUT2D eigenvalue weighted by Crippen LogP contribution is 2.18. The predicted octanol–water partition coefficient (Wildman–Crippen LogP) is 2.28. The van der Waals surface area contributed by atoms with E-state index in [1.165, 1.54) is 0 Å². The fourth-order valence-electron chi connectivity index (χ4n) is 1.94. The highest BCUT2D eigenvalue weighted by molar-refractivity contribution is 5.89. The summed E-state index contributed by atoms with van der Waals surface area (Å²) in [4.78, 5) is 16.2. The van der Waals surface area contributed by atoms with Crippen molar-refractivity contribution in [3.05, 3.63) is 36.0 Å². The summed E-state index contributed by atoms with van der Waals surface area (Å²) in [6, 6.07) is 9.51. The summed E-state index contributed by atoms with van der Waals surface area (Å²) in [5.41, 5.74) is 8.05. The number of carbonyl (C=O) groups excluding carboxylic acids is 1. The minimum atomic E-state index is 0.00908. The zero-order valence-corrected chi connectivity index (χ0v) is 11.1. The van der Waals surface area contributed by atoms with Crippen LogP contribution in [0.25, 0.3) is 10.9 Å². The summed E-state index contributed by atoms with van der Waals surface area (Å²) < 4.78 is 0. The maximum Gasteiger partial charge on any atom is 0.226 e. The van der Waals surface area contributed by atoms with Crippen LogP contribution in [0.1, 0.15) is 25.5 Å². The van der Waals surface area contributed by atoms with Crippen molar-refractivity contribution in [2.24, 2.45) is 0 Å². The summed E-state index contributed by atoms with van der Waals surface area (Å²) in [6.45, 7) is 2.82. The second-order valence-electron chi connectivity index (χ2n) is 4.60. The third-order valence-corrected chi connectivity index (χ3v) is 3.00. The smallest absolute Gasteiger partial charge is 0.226 e. The summed E-state index contributed by atoms with van der Waals surface area (Å²) in [6.07, 6.45) is 2.38. The third kappa shape index (κ3) is 3.44. The van der Waals surface area contributed by atoms with Crippen molar-refractivity contribution >= 4 is 22.5 Å². The van der Waals surface area contributed by atoms with Crippen LogP contribution in [0.4, 0.5) is 5.69 Å². The quantitative estimate of drug-likeness (QED) is 0.638. The number of amides is 1. The number of hydrogen-bond donors (Lipinski definition) is 2. The average molecular weight is 257 g/mol. The van der Waals surface area contributed by atoms with Crippen LogP contribution in [0.3, 0.4) is 0 Å². The predicted molar refractivity (Wildman–Crippen MR) is 77.8 cm³/mol. The molecule has 0 unspecified atom stereocenters. The topological polar surface area (TPSA) is 68.0 Å². The first kappa shape index (κ1) is 13.3. The van der Waals surface area contributed by atoms with Crippen molar-refractivity contribution in [1.29, 1.82) is 0 Å². The summed E-state index contributed by atoms with van der Waals surface area (Å²) >= 11 is 0. The molecule has 0 spiro atoms. The van der Waals surface area contributed by atoms with Crippen LogP contribution in [0, 0.1) is 0 Å². The van der Waals surface area contributed by atoms with Crippen molar-refractivity contribution < 1.29 is 4.79 Å². The Bertz CT molecular complexity index is 581. The van der Waals surface area contributed by atoms with Crippen LogP contribution in [-0.2, 0) is 11.2 Å². The Morgan fingerprint density at radius 1 is 1.32 bits per heavy atom. The number of nitrogens with zero attached hydrogens (tertiary/aromatic N) is 1. The molecule has 4 heteroatoms. The van der Waals surface area contributed by atoms with Gasteiger partial charge in [-0.1, -0.05) is 31.5 Å². The number of anilines is 1. The van der Waals surface area contributed by atoms with E-state index >= 15 is 0 Å². The van der Waals surface area contributed by atoms with Crippen molar-refractivity contribution in [3.8, 4) is 0 Å². The lowest BCUT2D eigenvalue weighted by molar-refractivity contribution is -0.120. The van der Waals surface area contributed by atoms with Crippen molar-refractivity contribution in [2.75, 3.05) is 12.3 Å². The lowest BCUT2D eigenvalue weighted by atomic mass is 10.1. The van der Waals surface area contributed by atoms with Crippen LogP contribution in [0.15, 0.2) is 30.3 Å². The number of carbonyl (C=O) groups is 1. The standard InChI is InChI=1S/C15H19N3O/c1-2-3-9-17-14(19)10-12-8-7-11-5-4-6-13(16)15(11)18-12/h4-8H,2-3,9-10,16H2,1H3,(H,17,19). The van der Waals surface area contributed by atoms with Gasteiger partial charge in [0.25, 0.3) is 0 Å². The SMILES string of the molecule is CCCCNC(=O)Cc1ccc2cccc(N)c2n1. The van der Waals surface area contributed by atoms with E-state index in [1.807, 2.05) is 30.3 Å². The van der Waals surface area contributed by atoms with Crippen LogP contribution in [0.5, 0.6) is 0 Å². The Balaban J connectivity index is 2.09. The van der Waals surface area contributed by atoms with E-state index in [0.29, 0.717) is 12.1 Å². The highest BCUT2D eigenvalue weighted by Gasteiger charge is 2.06. The molecule has 100 valence electrons. The summed E-state index contributed by atoms with van der Waals surface area (Å²) in [7, 11) is 0. The molecular formula is C15H19N3O. The number of unbranched alkanes of at least 4 members (excludes halogenated alkanes) is 1. The number of pyridine rings is 1. The van der Waals surface area contributed by atoms with Gasteiger partial charge in [-0.15, -0.1) is 0 Å². The molecule has 0 atom stereocenters. The first-order valence-corrected chi connectivity index (χ1v) is 6.61. The third-order valence-electron chi connectivity index (χ3n) is 3.00. The molecule has 2 rings (SSSR count). The minimum absolute atomic E-state index is 0.00908. The molecular weight excluding hydrogens is 238 g/mol. The molecule has 4 nitrogen and oxygen atoms in total. The van der Waals surface area contributed by atoms with Crippen LogP contribution >= 0.6 is 0 Å². The molecule has 1 heterocycles. The molecule has 19 heavy (non-hydrogen) atoms. The number of fused-ring (bicyclic) bond motifs is 1. The average Bonchev–Trinajstić information content (AvgIpc) is 2.40. The maximum atomic E-state index is 11.7. The minimum Gasteiger partial charge on any atom is -0.397 e. The lowest BCUT2D eigenvalue weighted by Gasteiger charge is -2.06. The van der Waals surface area contributed by atoms with E-state index < -0.39 is 0 Å².